The Morgan fingerprint density at radius 3 is 2.32 bits per heavy atom. The van der Waals surface area contributed by atoms with Crippen molar-refractivity contribution in [3.8, 4) is 0 Å². The highest BCUT2D eigenvalue weighted by molar-refractivity contribution is 7.80. The lowest BCUT2D eigenvalue weighted by Gasteiger charge is -2.10. The monoisotopic (exact) mass is 329 g/mol. The standard InChI is InChI=1S/C13H19N3O2S.C2H6.H2O/c14-8-11(16-15)7-13(18)10-3-1-9(2-4-10)12(17)5-6-19;1-2;/h1-4,8,12,16-17,19H,5-7,14-15H2;1-2H3;1H2/b11-8-;;. The first-order valence-electron chi connectivity index (χ1n) is 6.91. The third-order valence-corrected chi connectivity index (χ3v) is 3.02. The number of carbonyl (C=O) groups excluding carboxylic acids is 1. The summed E-state index contributed by atoms with van der Waals surface area (Å²) in [7, 11) is 0. The summed E-state index contributed by atoms with van der Waals surface area (Å²) in [4.78, 5) is 11.9. The van der Waals surface area contributed by atoms with Crippen LogP contribution < -0.4 is 17.0 Å². The zero-order valence-corrected chi connectivity index (χ0v) is 13.9. The molecule has 0 saturated carbocycles. The first-order valence-corrected chi connectivity index (χ1v) is 7.55. The number of nitrogens with one attached hydrogen (secondary N) is 1. The molecule has 0 aromatic heterocycles. The number of Topliss-reactive ketones (excluding diaryl/α,β-unsaturated/α-hetero) is 1. The number of rotatable bonds is 7. The number of hydrogen-bond donors (Lipinski definition) is 5. The Bertz CT molecular complexity index is 450. The number of hydrazine groups is 1. The fourth-order valence-electron chi connectivity index (χ4n) is 1.61. The third kappa shape index (κ3) is 7.46. The first kappa shape index (κ1) is 22.7. The molecule has 1 atom stereocenters. The van der Waals surface area contributed by atoms with Crippen LogP contribution in [0.2, 0.25) is 0 Å². The molecular formula is C15H27N3O3S. The van der Waals surface area contributed by atoms with Crippen molar-refractivity contribution >= 4 is 18.4 Å². The van der Waals surface area contributed by atoms with Gasteiger partial charge in [0.15, 0.2) is 5.78 Å². The summed E-state index contributed by atoms with van der Waals surface area (Å²) in [6.07, 6.45) is 1.41. The lowest BCUT2D eigenvalue weighted by Crippen LogP contribution is -2.24. The van der Waals surface area contributed by atoms with Gasteiger partial charge in [0.2, 0.25) is 0 Å². The van der Waals surface area contributed by atoms with Crippen LogP contribution in [0.15, 0.2) is 36.2 Å². The Hall–Kier alpha value is -1.54. The van der Waals surface area contributed by atoms with Gasteiger partial charge in [-0.25, -0.2) is 0 Å². The van der Waals surface area contributed by atoms with Gasteiger partial charge in [-0.15, -0.1) is 0 Å². The van der Waals surface area contributed by atoms with E-state index in [1.54, 1.807) is 24.3 Å². The van der Waals surface area contributed by atoms with Gasteiger partial charge in [-0.3, -0.25) is 10.6 Å². The molecule has 0 saturated heterocycles. The molecule has 1 unspecified atom stereocenters. The summed E-state index contributed by atoms with van der Waals surface area (Å²) >= 11 is 4.07. The topological polar surface area (TPSA) is 133 Å². The molecule has 0 radical (unpaired) electrons. The minimum Gasteiger partial charge on any atom is -0.412 e. The lowest BCUT2D eigenvalue weighted by atomic mass is 10.0. The number of carbonyl (C=O) groups is 1. The maximum atomic E-state index is 11.9. The second kappa shape index (κ2) is 13.1. The Balaban J connectivity index is 0. The molecule has 0 aliphatic heterocycles. The summed E-state index contributed by atoms with van der Waals surface area (Å²) in [6.45, 7) is 4.00. The predicted octanol–water partition coefficient (Wildman–Crippen LogP) is 1.08. The largest absolute Gasteiger partial charge is 0.412 e. The van der Waals surface area contributed by atoms with E-state index < -0.39 is 6.10 Å². The van der Waals surface area contributed by atoms with Crippen molar-refractivity contribution in [1.82, 2.24) is 5.43 Å². The summed E-state index contributed by atoms with van der Waals surface area (Å²) in [6, 6.07) is 6.85. The fourth-order valence-corrected chi connectivity index (χ4v) is 1.86. The number of aliphatic hydroxyl groups is 1. The molecule has 7 heteroatoms. The SMILES string of the molecule is CC.N/C=C(/CC(=O)c1ccc(C(O)CCS)cc1)NN.O. The van der Waals surface area contributed by atoms with E-state index in [-0.39, 0.29) is 17.7 Å². The van der Waals surface area contributed by atoms with E-state index in [9.17, 15) is 9.90 Å². The fraction of sp³-hybridized carbons (Fsp3) is 0.400. The van der Waals surface area contributed by atoms with Crippen LogP contribution in [-0.4, -0.2) is 22.1 Å². The summed E-state index contributed by atoms with van der Waals surface area (Å²) < 4.78 is 0. The molecule has 8 N–H and O–H groups in total. The average molecular weight is 329 g/mol. The van der Waals surface area contributed by atoms with E-state index in [0.29, 0.717) is 23.4 Å². The smallest absolute Gasteiger partial charge is 0.168 e. The Morgan fingerprint density at radius 2 is 1.91 bits per heavy atom. The summed E-state index contributed by atoms with van der Waals surface area (Å²) in [5, 5.41) is 9.79. The normalized spacial score (nSPS) is 11.6. The maximum Gasteiger partial charge on any atom is 0.168 e. The molecule has 0 bridgehead atoms. The van der Waals surface area contributed by atoms with Gasteiger partial charge in [0.25, 0.3) is 0 Å². The van der Waals surface area contributed by atoms with E-state index in [4.69, 9.17) is 11.6 Å². The van der Waals surface area contributed by atoms with Gasteiger partial charge < -0.3 is 21.7 Å². The summed E-state index contributed by atoms with van der Waals surface area (Å²) in [5.41, 5.74) is 9.46. The van der Waals surface area contributed by atoms with Crippen LogP contribution in [0.5, 0.6) is 0 Å². The Kier molecular flexibility index (Phi) is 13.6. The van der Waals surface area contributed by atoms with Crippen LogP contribution in [0.3, 0.4) is 0 Å². The van der Waals surface area contributed by atoms with Crippen LogP contribution in [0.25, 0.3) is 0 Å². The molecule has 1 rings (SSSR count). The second-order valence-corrected chi connectivity index (χ2v) is 4.53. The molecule has 0 fully saturated rings. The van der Waals surface area contributed by atoms with Crippen molar-refractivity contribution in [3.63, 3.8) is 0 Å². The van der Waals surface area contributed by atoms with E-state index in [2.05, 4.69) is 18.1 Å². The first-order chi connectivity index (χ1) is 10.1. The molecule has 22 heavy (non-hydrogen) atoms. The molecule has 0 amide bonds. The van der Waals surface area contributed by atoms with E-state index >= 15 is 0 Å². The maximum absolute atomic E-state index is 11.9. The number of hydrogen-bond acceptors (Lipinski definition) is 6. The number of aliphatic hydroxyl groups excluding tert-OH is 1. The van der Waals surface area contributed by atoms with Crippen LogP contribution in [0, 0.1) is 0 Å². The molecule has 0 aliphatic carbocycles. The van der Waals surface area contributed by atoms with E-state index in [1.807, 2.05) is 13.8 Å². The van der Waals surface area contributed by atoms with Crippen LogP contribution in [-0.2, 0) is 0 Å². The zero-order chi connectivity index (χ0) is 16.3. The highest BCUT2D eigenvalue weighted by Gasteiger charge is 2.10. The lowest BCUT2D eigenvalue weighted by molar-refractivity contribution is 0.0990. The van der Waals surface area contributed by atoms with Crippen LogP contribution in [0.1, 0.15) is 48.7 Å². The minimum atomic E-state index is -0.549. The Morgan fingerprint density at radius 1 is 1.36 bits per heavy atom. The molecule has 0 aliphatic rings. The van der Waals surface area contributed by atoms with Gasteiger partial charge >= 0.3 is 0 Å². The van der Waals surface area contributed by atoms with Crippen molar-refractivity contribution < 1.29 is 15.4 Å². The highest BCUT2D eigenvalue weighted by atomic mass is 32.1. The van der Waals surface area contributed by atoms with E-state index in [1.165, 1.54) is 6.20 Å². The summed E-state index contributed by atoms with van der Waals surface area (Å²) in [5.74, 6) is 5.73. The van der Waals surface area contributed by atoms with E-state index in [0.717, 1.165) is 5.56 Å². The van der Waals surface area contributed by atoms with Crippen LogP contribution in [0.4, 0.5) is 0 Å². The third-order valence-electron chi connectivity index (χ3n) is 2.76. The number of nitrogens with two attached hydrogens (primary N) is 2. The number of thiol groups is 1. The molecule has 1 aromatic carbocycles. The molecule has 6 nitrogen and oxygen atoms in total. The molecule has 0 heterocycles. The quantitative estimate of drug-likeness (QED) is 0.221. The van der Waals surface area contributed by atoms with Gasteiger partial charge in [-0.05, 0) is 17.7 Å². The Labute approximate surface area is 137 Å². The van der Waals surface area contributed by atoms with Gasteiger partial charge in [-0.2, -0.15) is 12.6 Å². The van der Waals surface area contributed by atoms with Gasteiger partial charge in [0, 0.05) is 17.5 Å². The number of allylic oxidation sites excluding steroid dienone is 1. The van der Waals surface area contributed by atoms with Crippen molar-refractivity contribution in [2.45, 2.75) is 32.8 Å². The van der Waals surface area contributed by atoms with Crippen molar-refractivity contribution in [2.75, 3.05) is 5.75 Å². The number of benzene rings is 1. The molecule has 1 aromatic rings. The predicted molar refractivity (Wildman–Crippen MR) is 93.4 cm³/mol. The van der Waals surface area contributed by atoms with Crippen molar-refractivity contribution in [1.29, 1.82) is 0 Å². The van der Waals surface area contributed by atoms with Crippen molar-refractivity contribution in [2.24, 2.45) is 11.6 Å². The molecule has 126 valence electrons. The second-order valence-electron chi connectivity index (χ2n) is 4.09. The van der Waals surface area contributed by atoms with Gasteiger partial charge in [-0.1, -0.05) is 38.1 Å². The number of ketones is 1. The van der Waals surface area contributed by atoms with Gasteiger partial charge in [0.05, 0.1) is 12.5 Å². The van der Waals surface area contributed by atoms with Gasteiger partial charge in [0.1, 0.15) is 0 Å². The molecule has 0 spiro atoms. The van der Waals surface area contributed by atoms with Crippen molar-refractivity contribution in [3.05, 3.63) is 47.3 Å². The zero-order valence-electron chi connectivity index (χ0n) is 13.0. The highest BCUT2D eigenvalue weighted by Crippen LogP contribution is 2.18. The average Bonchev–Trinajstić information content (AvgIpc) is 2.54. The minimum absolute atomic E-state index is 0. The van der Waals surface area contributed by atoms with Crippen LogP contribution >= 0.6 is 12.6 Å². The molecular weight excluding hydrogens is 302 g/mol.